The van der Waals surface area contributed by atoms with Crippen molar-refractivity contribution in [3.63, 3.8) is 0 Å². The van der Waals surface area contributed by atoms with Crippen molar-refractivity contribution in [2.75, 3.05) is 11.9 Å². The maximum atomic E-state index is 12.5. The van der Waals surface area contributed by atoms with Crippen LogP contribution in [0.4, 0.5) is 5.95 Å². The van der Waals surface area contributed by atoms with Gasteiger partial charge >= 0.3 is 0 Å². The number of nitrogens with one attached hydrogen (secondary N) is 2. The molecule has 4 aromatic rings. The summed E-state index contributed by atoms with van der Waals surface area (Å²) in [5, 5.41) is 16.2. The van der Waals surface area contributed by atoms with Crippen molar-refractivity contribution in [3.05, 3.63) is 35.1 Å². The zero-order valence-corrected chi connectivity index (χ0v) is 18.1. The average molecular weight is 469 g/mol. The molecule has 0 radical (unpaired) electrons. The van der Waals surface area contributed by atoms with E-state index in [1.807, 2.05) is 36.0 Å². The third-order valence-electron chi connectivity index (χ3n) is 5.31. The summed E-state index contributed by atoms with van der Waals surface area (Å²) < 4.78 is 4.38. The Balaban J connectivity index is 1.67. The molecule has 1 aliphatic heterocycles. The van der Waals surface area contributed by atoms with Crippen LogP contribution in [-0.2, 0) is 11.3 Å². The number of rotatable bonds is 4. The molecule has 0 aliphatic carbocycles. The third kappa shape index (κ3) is 3.30. The summed E-state index contributed by atoms with van der Waals surface area (Å²) >= 11 is 3.59. The Hall–Kier alpha value is -3.01. The lowest BCUT2D eigenvalue weighted by atomic mass is 10.1. The predicted octanol–water partition coefficient (Wildman–Crippen LogP) is 3.00. The molecule has 9 nitrogen and oxygen atoms in total. The number of fused-ring (bicyclic) bond motifs is 3. The van der Waals surface area contributed by atoms with Crippen LogP contribution in [0.1, 0.15) is 26.2 Å². The van der Waals surface area contributed by atoms with Crippen LogP contribution >= 0.6 is 15.9 Å². The number of amides is 1. The van der Waals surface area contributed by atoms with E-state index in [-0.39, 0.29) is 11.9 Å². The zero-order valence-electron chi connectivity index (χ0n) is 16.5. The summed E-state index contributed by atoms with van der Waals surface area (Å²) in [5.41, 5.74) is 2.28. The predicted molar refractivity (Wildman–Crippen MR) is 117 cm³/mol. The highest BCUT2D eigenvalue weighted by molar-refractivity contribution is 9.10. The van der Waals surface area contributed by atoms with Crippen molar-refractivity contribution in [2.45, 2.75) is 38.8 Å². The summed E-state index contributed by atoms with van der Waals surface area (Å²) in [4.78, 5) is 22.1. The lowest BCUT2D eigenvalue weighted by Crippen LogP contribution is -2.38. The number of aromatic nitrogens is 6. The second kappa shape index (κ2) is 7.67. The first-order chi connectivity index (χ1) is 14.6. The van der Waals surface area contributed by atoms with E-state index in [1.54, 1.807) is 10.7 Å². The monoisotopic (exact) mass is 468 g/mol. The normalized spacial score (nSPS) is 17.3. The zero-order chi connectivity index (χ0) is 20.7. The van der Waals surface area contributed by atoms with Gasteiger partial charge in [0.05, 0.1) is 17.3 Å². The highest BCUT2D eigenvalue weighted by atomic mass is 79.9. The molecule has 0 saturated carbocycles. The summed E-state index contributed by atoms with van der Waals surface area (Å²) in [6, 6.07) is 5.50. The fourth-order valence-electron chi connectivity index (χ4n) is 3.70. The molecule has 30 heavy (non-hydrogen) atoms. The van der Waals surface area contributed by atoms with Crippen molar-refractivity contribution in [2.24, 2.45) is 0 Å². The Morgan fingerprint density at radius 1 is 1.30 bits per heavy atom. The van der Waals surface area contributed by atoms with Gasteiger partial charge in [-0.3, -0.25) is 9.48 Å². The van der Waals surface area contributed by atoms with Gasteiger partial charge in [0, 0.05) is 29.1 Å². The van der Waals surface area contributed by atoms with Crippen molar-refractivity contribution < 1.29 is 4.79 Å². The minimum atomic E-state index is -0.362. The molecule has 154 valence electrons. The number of para-hydroxylation sites is 1. The average Bonchev–Trinajstić information content (AvgIpc) is 3.36. The van der Waals surface area contributed by atoms with Crippen LogP contribution in [0.15, 0.2) is 35.1 Å². The maximum absolute atomic E-state index is 12.5. The van der Waals surface area contributed by atoms with Gasteiger partial charge in [0.25, 0.3) is 0 Å². The Morgan fingerprint density at radius 2 is 2.20 bits per heavy atom. The number of hydrogen-bond acceptors (Lipinski definition) is 6. The fraction of sp³-hybridized carbons (Fsp3) is 0.350. The Bertz CT molecular complexity index is 1250. The van der Waals surface area contributed by atoms with Crippen LogP contribution in [0.3, 0.4) is 0 Å². The van der Waals surface area contributed by atoms with Crippen molar-refractivity contribution in [1.82, 2.24) is 34.7 Å². The molecule has 0 unspecified atom stereocenters. The third-order valence-corrected chi connectivity index (χ3v) is 5.95. The molecule has 5 rings (SSSR count). The first-order valence-corrected chi connectivity index (χ1v) is 10.9. The lowest BCUT2D eigenvalue weighted by Gasteiger charge is -2.17. The molecule has 10 heteroatoms. The van der Waals surface area contributed by atoms with E-state index in [2.05, 4.69) is 31.7 Å². The van der Waals surface area contributed by atoms with E-state index in [0.29, 0.717) is 24.0 Å². The molecular formula is C20H21BrN8O. The molecule has 1 saturated heterocycles. The summed E-state index contributed by atoms with van der Waals surface area (Å²) in [5.74, 6) is 1.05. The van der Waals surface area contributed by atoms with Gasteiger partial charge in [-0.05, 0) is 54.2 Å². The first kappa shape index (κ1) is 19.0. The van der Waals surface area contributed by atoms with Crippen molar-refractivity contribution in [1.29, 1.82) is 0 Å². The largest absolute Gasteiger partial charge is 0.354 e. The molecule has 1 fully saturated rings. The quantitative estimate of drug-likeness (QED) is 0.477. The number of nitrogens with zero attached hydrogens (tertiary/aromatic N) is 6. The van der Waals surface area contributed by atoms with E-state index in [1.165, 1.54) is 0 Å². The minimum Gasteiger partial charge on any atom is -0.354 e. The minimum absolute atomic E-state index is 0.0146. The molecule has 0 bridgehead atoms. The van der Waals surface area contributed by atoms with Gasteiger partial charge in [-0.1, -0.05) is 6.07 Å². The van der Waals surface area contributed by atoms with E-state index >= 15 is 0 Å². The van der Waals surface area contributed by atoms with Gasteiger partial charge in [0.1, 0.15) is 6.04 Å². The molecule has 1 amide bonds. The van der Waals surface area contributed by atoms with Crippen molar-refractivity contribution in [3.8, 4) is 11.4 Å². The summed E-state index contributed by atoms with van der Waals surface area (Å²) in [7, 11) is 0. The topological polar surface area (TPSA) is 102 Å². The number of benzene rings is 1. The van der Waals surface area contributed by atoms with Gasteiger partial charge in [0.2, 0.25) is 11.9 Å². The molecular weight excluding hydrogens is 448 g/mol. The van der Waals surface area contributed by atoms with Crippen molar-refractivity contribution >= 4 is 44.3 Å². The van der Waals surface area contributed by atoms with E-state index in [0.717, 1.165) is 46.7 Å². The lowest BCUT2D eigenvalue weighted by molar-refractivity contribution is -0.121. The number of carbonyl (C=O) groups is 1. The van der Waals surface area contributed by atoms with E-state index in [9.17, 15) is 4.79 Å². The van der Waals surface area contributed by atoms with Gasteiger partial charge < -0.3 is 10.6 Å². The number of anilines is 1. The Kier molecular flexibility index (Phi) is 4.86. The Labute approximate surface area is 181 Å². The van der Waals surface area contributed by atoms with Gasteiger partial charge in [-0.2, -0.15) is 9.61 Å². The van der Waals surface area contributed by atoms with Crippen LogP contribution in [0.5, 0.6) is 0 Å². The van der Waals surface area contributed by atoms with Crippen LogP contribution < -0.4 is 10.6 Å². The Morgan fingerprint density at radius 3 is 3.03 bits per heavy atom. The van der Waals surface area contributed by atoms with Gasteiger partial charge in [-0.15, -0.1) is 5.10 Å². The molecule has 1 aliphatic rings. The van der Waals surface area contributed by atoms with Crippen LogP contribution in [-0.4, -0.2) is 47.9 Å². The highest BCUT2D eigenvalue weighted by Crippen LogP contribution is 2.29. The maximum Gasteiger partial charge on any atom is 0.242 e. The fourth-order valence-corrected chi connectivity index (χ4v) is 4.15. The second-order valence-corrected chi connectivity index (χ2v) is 8.17. The van der Waals surface area contributed by atoms with E-state index < -0.39 is 0 Å². The number of aryl methyl sites for hydroxylation is 1. The highest BCUT2D eigenvalue weighted by Gasteiger charge is 2.24. The molecule has 1 atom stereocenters. The second-order valence-electron chi connectivity index (χ2n) is 7.31. The molecule has 2 N–H and O–H groups in total. The van der Waals surface area contributed by atoms with E-state index in [4.69, 9.17) is 15.1 Å². The molecule has 1 aromatic carbocycles. The van der Waals surface area contributed by atoms with Gasteiger partial charge in [0.15, 0.2) is 11.5 Å². The van der Waals surface area contributed by atoms with Crippen LogP contribution in [0.2, 0.25) is 0 Å². The van der Waals surface area contributed by atoms with Crippen LogP contribution in [0, 0.1) is 0 Å². The first-order valence-electron chi connectivity index (χ1n) is 10.1. The van der Waals surface area contributed by atoms with Crippen LogP contribution in [0.25, 0.3) is 27.9 Å². The number of hydrogen-bond donors (Lipinski definition) is 2. The summed E-state index contributed by atoms with van der Waals surface area (Å²) in [6.45, 7) is 3.51. The molecule has 3 aromatic heterocycles. The standard InChI is InChI=1S/C20H21BrN8O/c1-2-28-11-12(10-23-28)17-26-18-13-6-5-7-14(21)16(13)25-20(29(18)27-17)24-15-8-3-4-9-22-19(15)30/h5-7,10-11,15H,2-4,8-9H2,1H3,(H,22,30)(H,24,25)/t15-/m1/s1. The van der Waals surface area contributed by atoms with Gasteiger partial charge in [-0.25, -0.2) is 9.97 Å². The smallest absolute Gasteiger partial charge is 0.242 e. The molecule has 0 spiro atoms. The summed E-state index contributed by atoms with van der Waals surface area (Å²) in [6.07, 6.45) is 6.37. The number of carbonyl (C=O) groups excluding carboxylic acids is 1. The molecule has 4 heterocycles. The number of halogens is 1. The SMILES string of the molecule is CCn1cc(-c2nc3c4cccc(Br)c4nc(N[C@@H]4CCCCNC4=O)n3n2)cn1.